The number of fused-ring (bicyclic) bond motifs is 2. The summed E-state index contributed by atoms with van der Waals surface area (Å²) in [6.45, 7) is 3.54. The maximum absolute atomic E-state index is 15.3. The molecule has 12 heteroatoms. The van der Waals surface area contributed by atoms with E-state index in [1.54, 1.807) is 25.2 Å². The minimum absolute atomic E-state index is 0.0247. The third-order valence-electron chi connectivity index (χ3n) is 6.23. The highest BCUT2D eigenvalue weighted by Crippen LogP contribution is 2.38. The van der Waals surface area contributed by atoms with Crippen molar-refractivity contribution in [3.8, 4) is 34.4 Å². The molecule has 4 heterocycles. The SMILES string of the molecule is CN/C(=C(/C)O)c1c(Nc2cc(-c3ccc4c(c3)OCO4)[nH]n2)ncnc1Oc1ccc2[nH]c(C)cc2c1F. The van der Waals surface area contributed by atoms with Crippen LogP contribution in [0.5, 0.6) is 23.1 Å². The predicted molar refractivity (Wildman–Crippen MR) is 143 cm³/mol. The largest absolute Gasteiger partial charge is 0.510 e. The number of hydrogen-bond donors (Lipinski definition) is 5. The number of aromatic nitrogens is 5. The Balaban J connectivity index is 1.37. The third kappa shape index (κ3) is 4.41. The van der Waals surface area contributed by atoms with Gasteiger partial charge in [0.15, 0.2) is 28.9 Å². The molecule has 39 heavy (non-hydrogen) atoms. The fourth-order valence-corrected chi connectivity index (χ4v) is 4.44. The lowest BCUT2D eigenvalue weighted by Gasteiger charge is -2.17. The average Bonchev–Trinajstić information content (AvgIpc) is 3.66. The van der Waals surface area contributed by atoms with Gasteiger partial charge in [-0.05, 0) is 50.2 Å². The van der Waals surface area contributed by atoms with E-state index in [4.69, 9.17) is 14.2 Å². The van der Waals surface area contributed by atoms with Crippen LogP contribution in [0, 0.1) is 12.7 Å². The van der Waals surface area contributed by atoms with Gasteiger partial charge in [-0.15, -0.1) is 0 Å². The number of hydrogen-bond acceptors (Lipinski definition) is 9. The van der Waals surface area contributed by atoms with Gasteiger partial charge in [0.2, 0.25) is 12.7 Å². The highest BCUT2D eigenvalue weighted by molar-refractivity contribution is 5.83. The van der Waals surface area contributed by atoms with Crippen LogP contribution in [-0.2, 0) is 0 Å². The van der Waals surface area contributed by atoms with Crippen molar-refractivity contribution in [3.05, 3.63) is 71.6 Å². The molecule has 0 atom stereocenters. The van der Waals surface area contributed by atoms with Gasteiger partial charge in [-0.1, -0.05) is 0 Å². The van der Waals surface area contributed by atoms with Crippen LogP contribution in [0.4, 0.5) is 16.0 Å². The van der Waals surface area contributed by atoms with E-state index in [0.29, 0.717) is 33.9 Å². The second kappa shape index (κ2) is 9.56. The van der Waals surface area contributed by atoms with Gasteiger partial charge in [-0.25, -0.2) is 14.4 Å². The number of nitrogens with one attached hydrogen (secondary N) is 4. The summed E-state index contributed by atoms with van der Waals surface area (Å²) in [6, 6.07) is 12.3. The molecule has 1 aliphatic rings. The van der Waals surface area contributed by atoms with E-state index < -0.39 is 5.82 Å². The Morgan fingerprint density at radius 2 is 1.95 bits per heavy atom. The average molecular weight is 530 g/mol. The molecule has 198 valence electrons. The lowest BCUT2D eigenvalue weighted by molar-refractivity contribution is 0.174. The van der Waals surface area contributed by atoms with Gasteiger partial charge in [0.25, 0.3) is 0 Å². The van der Waals surface area contributed by atoms with Crippen LogP contribution in [0.15, 0.2) is 54.6 Å². The minimum Gasteiger partial charge on any atom is -0.510 e. The number of H-pyrrole nitrogens is 2. The number of aromatic amines is 2. The number of allylic oxidation sites excluding steroid dienone is 1. The molecule has 0 saturated carbocycles. The zero-order chi connectivity index (χ0) is 27.1. The molecule has 0 spiro atoms. The summed E-state index contributed by atoms with van der Waals surface area (Å²) >= 11 is 0. The fraction of sp³-hybridized carbons (Fsp3) is 0.148. The van der Waals surface area contributed by atoms with Crippen molar-refractivity contribution in [1.29, 1.82) is 0 Å². The van der Waals surface area contributed by atoms with E-state index >= 15 is 4.39 Å². The molecule has 1 aliphatic heterocycles. The monoisotopic (exact) mass is 529 g/mol. The smallest absolute Gasteiger partial charge is 0.234 e. The van der Waals surface area contributed by atoms with Crippen molar-refractivity contribution < 1.29 is 23.7 Å². The zero-order valence-corrected chi connectivity index (χ0v) is 21.2. The van der Waals surface area contributed by atoms with Gasteiger partial charge in [0.1, 0.15) is 23.5 Å². The van der Waals surface area contributed by atoms with Crippen LogP contribution in [0.1, 0.15) is 18.2 Å². The molecule has 0 bridgehead atoms. The second-order valence-electron chi connectivity index (χ2n) is 8.87. The summed E-state index contributed by atoms with van der Waals surface area (Å²) in [6.07, 6.45) is 1.28. The minimum atomic E-state index is -0.535. The van der Waals surface area contributed by atoms with Crippen LogP contribution in [0.25, 0.3) is 27.9 Å². The third-order valence-corrected chi connectivity index (χ3v) is 6.23. The molecule has 11 nitrogen and oxygen atoms in total. The number of aliphatic hydroxyl groups excluding tert-OH is 1. The molecule has 2 aromatic carbocycles. The number of nitrogens with zero attached hydrogens (tertiary/aromatic N) is 3. The first kappa shape index (κ1) is 24.1. The van der Waals surface area contributed by atoms with Gasteiger partial charge >= 0.3 is 0 Å². The summed E-state index contributed by atoms with van der Waals surface area (Å²) in [7, 11) is 1.64. The van der Waals surface area contributed by atoms with Crippen molar-refractivity contribution in [2.24, 2.45) is 0 Å². The predicted octanol–water partition coefficient (Wildman–Crippen LogP) is 5.53. The highest BCUT2D eigenvalue weighted by atomic mass is 19.1. The summed E-state index contributed by atoms with van der Waals surface area (Å²) < 4.78 is 32.1. The molecule has 0 saturated heterocycles. The Kier molecular flexibility index (Phi) is 5.91. The van der Waals surface area contributed by atoms with E-state index in [1.807, 2.05) is 25.1 Å². The maximum atomic E-state index is 15.3. The first-order valence-corrected chi connectivity index (χ1v) is 12.0. The first-order valence-electron chi connectivity index (χ1n) is 12.0. The Bertz CT molecular complexity index is 1740. The lowest BCUT2D eigenvalue weighted by Crippen LogP contribution is -2.13. The standard InChI is InChI=1S/C27H24FN7O4/c1-13-8-16-17(32-13)5-7-20(24(16)28)39-27-23(25(29-3)14(2)36)26(30-11-31-27)33-22-10-18(34-35-22)15-4-6-19-21(9-15)38-12-37-19/h4-11,29,32,36H,12H2,1-3H3,(H2,30,31,33,34,35)/b25-14-. The topological polar surface area (TPSA) is 142 Å². The Morgan fingerprint density at radius 1 is 1.10 bits per heavy atom. The molecule has 5 aromatic rings. The molecule has 0 radical (unpaired) electrons. The van der Waals surface area contributed by atoms with Crippen LogP contribution in [-0.4, -0.2) is 44.1 Å². The first-order chi connectivity index (χ1) is 18.9. The van der Waals surface area contributed by atoms with Crippen molar-refractivity contribution in [2.75, 3.05) is 19.2 Å². The van der Waals surface area contributed by atoms with Gasteiger partial charge in [0, 0.05) is 35.3 Å². The Morgan fingerprint density at radius 3 is 2.77 bits per heavy atom. The second-order valence-corrected chi connectivity index (χ2v) is 8.87. The van der Waals surface area contributed by atoms with Crippen molar-refractivity contribution in [2.45, 2.75) is 13.8 Å². The molecule has 0 amide bonds. The highest BCUT2D eigenvalue weighted by Gasteiger charge is 2.23. The van der Waals surface area contributed by atoms with E-state index in [1.165, 1.54) is 19.3 Å². The van der Waals surface area contributed by atoms with E-state index in [2.05, 4.69) is 35.8 Å². The Hall–Kier alpha value is -5.26. The van der Waals surface area contributed by atoms with Gasteiger partial charge in [-0.3, -0.25) is 5.10 Å². The number of aryl methyl sites for hydroxylation is 1. The van der Waals surface area contributed by atoms with Gasteiger partial charge in [0.05, 0.1) is 11.4 Å². The Labute approximate surface area is 221 Å². The van der Waals surface area contributed by atoms with E-state index in [-0.39, 0.29) is 35.6 Å². The molecule has 0 aliphatic carbocycles. The lowest BCUT2D eigenvalue weighted by atomic mass is 10.1. The number of rotatable bonds is 7. The van der Waals surface area contributed by atoms with Crippen LogP contribution in [0.2, 0.25) is 0 Å². The number of anilines is 2. The molecular formula is C27H24FN7O4. The molecule has 6 rings (SSSR count). The summed E-state index contributed by atoms with van der Waals surface area (Å²) in [5.41, 5.74) is 3.63. The number of ether oxygens (including phenoxy) is 3. The molecule has 0 unspecified atom stereocenters. The number of halogens is 1. The zero-order valence-electron chi connectivity index (χ0n) is 21.2. The van der Waals surface area contributed by atoms with Gasteiger partial charge < -0.3 is 34.9 Å². The summed E-state index contributed by atoms with van der Waals surface area (Å²) in [4.78, 5) is 11.7. The number of aliphatic hydroxyl groups is 1. The molecule has 0 fully saturated rings. The van der Waals surface area contributed by atoms with E-state index in [9.17, 15) is 5.11 Å². The molecular weight excluding hydrogens is 505 g/mol. The van der Waals surface area contributed by atoms with Crippen molar-refractivity contribution in [3.63, 3.8) is 0 Å². The normalized spacial score (nSPS) is 12.9. The fourth-order valence-electron chi connectivity index (χ4n) is 4.44. The molecule has 3 aromatic heterocycles. The van der Waals surface area contributed by atoms with Crippen LogP contribution < -0.4 is 24.8 Å². The van der Waals surface area contributed by atoms with Crippen molar-refractivity contribution >= 4 is 28.2 Å². The maximum Gasteiger partial charge on any atom is 0.234 e. The van der Waals surface area contributed by atoms with Crippen LogP contribution in [0.3, 0.4) is 0 Å². The van der Waals surface area contributed by atoms with Crippen molar-refractivity contribution in [1.82, 2.24) is 30.5 Å². The van der Waals surface area contributed by atoms with Crippen LogP contribution >= 0.6 is 0 Å². The van der Waals surface area contributed by atoms with E-state index in [0.717, 1.165) is 17.0 Å². The summed E-state index contributed by atoms with van der Waals surface area (Å²) in [5, 5.41) is 24.3. The number of benzene rings is 2. The van der Waals surface area contributed by atoms with Gasteiger partial charge in [-0.2, -0.15) is 5.10 Å². The quantitative estimate of drug-likeness (QED) is 0.172. The molecule has 5 N–H and O–H groups in total. The summed E-state index contributed by atoms with van der Waals surface area (Å²) in [5.74, 6) is 1.48.